The largest absolute Gasteiger partial charge is 0.321 e. The molecule has 0 saturated heterocycles. The first-order chi connectivity index (χ1) is 10.3. The van der Waals surface area contributed by atoms with Crippen molar-refractivity contribution in [3.05, 3.63) is 61.4 Å². The van der Waals surface area contributed by atoms with E-state index >= 15 is 0 Å². The molecule has 2 heteroatoms. The minimum atomic E-state index is 0. The Morgan fingerprint density at radius 2 is 1.09 bits per heavy atom. The summed E-state index contributed by atoms with van der Waals surface area (Å²) >= 11 is 0. The third-order valence-electron chi connectivity index (χ3n) is 4.47. The van der Waals surface area contributed by atoms with Gasteiger partial charge >= 0.3 is 0 Å². The Hall–Kier alpha value is 0.0470. The van der Waals surface area contributed by atoms with Gasteiger partial charge in [0, 0.05) is 35.4 Å². The quantitative estimate of drug-likeness (QED) is 0.333. The summed E-state index contributed by atoms with van der Waals surface area (Å²) in [6.07, 6.45) is 28.1. The third kappa shape index (κ3) is 6.27. The minimum Gasteiger partial charge on any atom is -0.321 e. The van der Waals surface area contributed by atoms with Crippen LogP contribution in [0.15, 0.2) is 48.6 Å². The third-order valence-corrected chi connectivity index (χ3v) is 4.47. The summed E-state index contributed by atoms with van der Waals surface area (Å²) < 4.78 is 0. The predicted octanol–water partition coefficient (Wildman–Crippen LogP) is 5.20. The molecule has 22 heavy (non-hydrogen) atoms. The van der Waals surface area contributed by atoms with Crippen molar-refractivity contribution in [3.63, 3.8) is 0 Å². The van der Waals surface area contributed by atoms with Crippen LogP contribution in [0.25, 0.3) is 0 Å². The smallest absolute Gasteiger partial charge is 0.0213 e. The van der Waals surface area contributed by atoms with Crippen LogP contribution in [0, 0.1) is 36.5 Å². The van der Waals surface area contributed by atoms with Gasteiger partial charge in [-0.2, -0.15) is 12.8 Å². The van der Waals surface area contributed by atoms with Crippen LogP contribution in [0.3, 0.4) is 0 Å². The summed E-state index contributed by atoms with van der Waals surface area (Å²) in [5.74, 6) is 3.23. The molecule has 0 spiro atoms. The Morgan fingerprint density at radius 3 is 1.45 bits per heavy atom. The molecule has 119 valence electrons. The second-order valence-electron chi connectivity index (χ2n) is 6.23. The SMILES string of the molecule is C1=CC2[CH-]CCC2C=C1.C1=CC2[CH-]CCC2C=C1.C[SiH]C.[Hf]. The Kier molecular flexibility index (Phi) is 10.6. The minimum absolute atomic E-state index is 0. The molecule has 0 aliphatic heterocycles. The van der Waals surface area contributed by atoms with Gasteiger partial charge in [0.25, 0.3) is 0 Å². The molecule has 0 aromatic carbocycles. The van der Waals surface area contributed by atoms with Crippen LogP contribution in [0.4, 0.5) is 0 Å². The van der Waals surface area contributed by atoms with E-state index in [2.05, 4.69) is 74.5 Å². The average molecular weight is 476 g/mol. The van der Waals surface area contributed by atoms with Crippen molar-refractivity contribution in [2.75, 3.05) is 0 Å². The summed E-state index contributed by atoms with van der Waals surface area (Å²) in [5.41, 5.74) is 0. The zero-order valence-corrected chi connectivity index (χ0v) is 18.7. The zero-order valence-electron chi connectivity index (χ0n) is 14.0. The van der Waals surface area contributed by atoms with Gasteiger partial charge in [-0.05, 0) is 11.8 Å². The van der Waals surface area contributed by atoms with E-state index in [9.17, 15) is 0 Å². The summed E-state index contributed by atoms with van der Waals surface area (Å²) in [6, 6.07) is 0. The van der Waals surface area contributed by atoms with Gasteiger partial charge < -0.3 is 12.8 Å². The molecule has 4 atom stereocenters. The molecule has 0 nitrogen and oxygen atoms in total. The van der Waals surface area contributed by atoms with Gasteiger partial charge in [0.1, 0.15) is 0 Å². The fourth-order valence-electron chi connectivity index (χ4n) is 3.39. The first kappa shape index (κ1) is 20.1. The number of allylic oxidation sites excluding steroid dienone is 8. The molecule has 4 rings (SSSR count). The van der Waals surface area contributed by atoms with E-state index in [-0.39, 0.29) is 25.8 Å². The fraction of sp³-hybridized carbons (Fsp3) is 0.500. The first-order valence-electron chi connectivity index (χ1n) is 8.45. The molecule has 0 N–H and O–H groups in total. The summed E-state index contributed by atoms with van der Waals surface area (Å²) in [5, 5.41) is 0. The molecule has 0 aromatic heterocycles. The molecule has 1 radical (unpaired) electrons. The van der Waals surface area contributed by atoms with Crippen molar-refractivity contribution >= 4 is 9.52 Å². The van der Waals surface area contributed by atoms with E-state index in [1.165, 1.54) is 25.7 Å². The van der Waals surface area contributed by atoms with Crippen molar-refractivity contribution in [1.82, 2.24) is 0 Å². The molecule has 2 fully saturated rings. The van der Waals surface area contributed by atoms with Crippen LogP contribution in [0.2, 0.25) is 13.1 Å². The van der Waals surface area contributed by atoms with Gasteiger partial charge in [0.15, 0.2) is 0 Å². The number of rotatable bonds is 0. The Labute approximate surface area is 158 Å². The molecule has 0 amide bonds. The van der Waals surface area contributed by atoms with E-state index in [1.54, 1.807) is 0 Å². The molecule has 0 heterocycles. The Balaban J connectivity index is 0.000000181. The molecule has 0 bridgehead atoms. The van der Waals surface area contributed by atoms with Crippen molar-refractivity contribution in [2.24, 2.45) is 23.7 Å². The topological polar surface area (TPSA) is 0 Å². The normalized spacial score (nSPS) is 32.8. The van der Waals surface area contributed by atoms with Gasteiger partial charge in [-0.3, -0.25) is 0 Å². The van der Waals surface area contributed by atoms with Gasteiger partial charge in [-0.25, -0.2) is 0 Å². The molecular weight excluding hydrogens is 447 g/mol. The molecular formula is C20H29HfSi-2. The zero-order chi connectivity index (χ0) is 14.9. The van der Waals surface area contributed by atoms with E-state index in [4.69, 9.17) is 0 Å². The molecule has 0 aromatic rings. The van der Waals surface area contributed by atoms with Crippen molar-refractivity contribution in [2.45, 2.75) is 38.8 Å². The maximum Gasteiger partial charge on any atom is 0.0213 e. The molecule has 4 aliphatic rings. The maximum atomic E-state index is 2.42. The van der Waals surface area contributed by atoms with Gasteiger partial charge in [-0.15, -0.1) is 24.0 Å². The first-order valence-corrected chi connectivity index (χ1v) is 10.8. The van der Waals surface area contributed by atoms with Crippen LogP contribution in [-0.4, -0.2) is 9.52 Å². The van der Waals surface area contributed by atoms with E-state index < -0.39 is 0 Å². The number of fused-ring (bicyclic) bond motifs is 2. The van der Waals surface area contributed by atoms with Crippen LogP contribution >= 0.6 is 0 Å². The monoisotopic (exact) mass is 477 g/mol. The van der Waals surface area contributed by atoms with Crippen LogP contribution in [0.1, 0.15) is 25.7 Å². The predicted molar refractivity (Wildman–Crippen MR) is 96.5 cm³/mol. The molecule has 4 unspecified atom stereocenters. The molecule has 2 saturated carbocycles. The fourth-order valence-corrected chi connectivity index (χ4v) is 3.39. The van der Waals surface area contributed by atoms with Crippen molar-refractivity contribution < 1.29 is 25.8 Å². The second kappa shape index (κ2) is 11.6. The van der Waals surface area contributed by atoms with Gasteiger partial charge in [0.2, 0.25) is 0 Å². The van der Waals surface area contributed by atoms with Crippen LogP contribution in [-0.2, 0) is 25.8 Å². The van der Waals surface area contributed by atoms with Gasteiger partial charge in [0.05, 0.1) is 0 Å². The standard InChI is InChI=1S/2C9H11.C2H7Si.Hf/c2*1-2-5-9-7-3-6-8(9)4-1;1-3-2;/h2*1-2,4-6,8-9H,3,7H2;3H,1-2H3;/q2*-1;;. The summed E-state index contributed by atoms with van der Waals surface area (Å²) in [6.45, 7) is 4.42. The Bertz CT molecular complexity index is 334. The Morgan fingerprint density at radius 1 is 0.727 bits per heavy atom. The number of hydrogen-bond donors (Lipinski definition) is 0. The maximum absolute atomic E-state index is 2.42. The number of hydrogen-bond acceptors (Lipinski definition) is 0. The van der Waals surface area contributed by atoms with E-state index in [0.29, 0.717) is 0 Å². The van der Waals surface area contributed by atoms with Crippen LogP contribution < -0.4 is 0 Å². The van der Waals surface area contributed by atoms with Gasteiger partial charge in [-0.1, -0.05) is 62.4 Å². The van der Waals surface area contributed by atoms with Crippen LogP contribution in [0.5, 0.6) is 0 Å². The second-order valence-corrected chi connectivity index (χ2v) is 7.38. The summed E-state index contributed by atoms with van der Waals surface area (Å²) in [4.78, 5) is 0. The average Bonchev–Trinajstić information content (AvgIpc) is 3.17. The van der Waals surface area contributed by atoms with E-state index in [1.807, 2.05) is 0 Å². The van der Waals surface area contributed by atoms with E-state index in [0.717, 1.165) is 33.2 Å². The van der Waals surface area contributed by atoms with Crippen molar-refractivity contribution in [3.8, 4) is 0 Å². The molecule has 4 aliphatic carbocycles. The summed E-state index contributed by atoms with van der Waals surface area (Å²) in [7, 11) is 0.750. The van der Waals surface area contributed by atoms with Crippen molar-refractivity contribution in [1.29, 1.82) is 0 Å².